The Morgan fingerprint density at radius 3 is 2.26 bits per heavy atom. The van der Waals surface area contributed by atoms with E-state index in [0.29, 0.717) is 11.4 Å². The van der Waals surface area contributed by atoms with Crippen LogP contribution in [0.4, 0.5) is 18.9 Å². The molecule has 2 aromatic heterocycles. The molecule has 0 bridgehead atoms. The van der Waals surface area contributed by atoms with Crippen molar-refractivity contribution in [2.75, 3.05) is 5.32 Å². The number of nitrogens with zero attached hydrogens (tertiary/aromatic N) is 4. The molecule has 0 aliphatic carbocycles. The van der Waals surface area contributed by atoms with Crippen molar-refractivity contribution >= 4 is 17.3 Å². The lowest BCUT2D eigenvalue weighted by Crippen LogP contribution is -2.09. The zero-order valence-corrected chi connectivity index (χ0v) is 19.8. The Hall–Kier alpha value is -3.85. The van der Waals surface area contributed by atoms with Crippen LogP contribution in [0.5, 0.6) is 11.5 Å². The number of anilines is 1. The van der Waals surface area contributed by atoms with Crippen molar-refractivity contribution < 1.29 is 17.9 Å². The van der Waals surface area contributed by atoms with Crippen molar-refractivity contribution in [2.45, 2.75) is 26.6 Å². The third-order valence-electron chi connectivity index (χ3n) is 4.51. The summed E-state index contributed by atoms with van der Waals surface area (Å²) in [5.74, 6) is 1.40. The van der Waals surface area contributed by atoms with Crippen LogP contribution in [0.1, 0.15) is 25.2 Å². The molecular formula is C25H23ClF3N5O. The molecule has 4 aromatic rings. The van der Waals surface area contributed by atoms with E-state index < -0.39 is 11.9 Å². The molecule has 0 radical (unpaired) electrons. The van der Waals surface area contributed by atoms with Crippen LogP contribution >= 0.6 is 11.6 Å². The number of benzene rings is 2. The number of nitrogens with one attached hydrogen (secondary N) is 1. The first-order valence-electron chi connectivity index (χ1n) is 10.6. The van der Waals surface area contributed by atoms with Crippen LogP contribution < -0.4 is 10.1 Å². The molecule has 2 aromatic carbocycles. The van der Waals surface area contributed by atoms with Gasteiger partial charge in [-0.3, -0.25) is 0 Å². The van der Waals surface area contributed by atoms with Gasteiger partial charge < -0.3 is 10.1 Å². The summed E-state index contributed by atoms with van der Waals surface area (Å²) in [6, 6.07) is 18.9. The van der Waals surface area contributed by atoms with Crippen LogP contribution in [-0.2, 0) is 12.7 Å². The molecule has 0 fully saturated rings. The Morgan fingerprint density at radius 1 is 0.971 bits per heavy atom. The van der Waals surface area contributed by atoms with Gasteiger partial charge >= 0.3 is 6.18 Å². The van der Waals surface area contributed by atoms with Gasteiger partial charge in [0.1, 0.15) is 28.0 Å². The highest BCUT2D eigenvalue weighted by Crippen LogP contribution is 2.31. The SMILES string of the molecule is C/C=C\C.FC(F)(F)c1cc(NCc2cn(-c3ccc(Oc4ccccc4)cc3)nn2)cc(Cl)n1. The topological polar surface area (TPSA) is 64.9 Å². The van der Waals surface area contributed by atoms with Gasteiger partial charge in [-0.05, 0) is 62.4 Å². The number of pyridine rings is 1. The summed E-state index contributed by atoms with van der Waals surface area (Å²) in [5, 5.41) is 10.7. The zero-order chi connectivity index (χ0) is 25.3. The number of hydrogen-bond acceptors (Lipinski definition) is 5. The zero-order valence-electron chi connectivity index (χ0n) is 19.0. The highest BCUT2D eigenvalue weighted by atomic mass is 35.5. The van der Waals surface area contributed by atoms with E-state index in [0.717, 1.165) is 17.5 Å². The summed E-state index contributed by atoms with van der Waals surface area (Å²) in [6.45, 7) is 4.16. The van der Waals surface area contributed by atoms with E-state index in [-0.39, 0.29) is 17.4 Å². The Balaban J connectivity index is 0.000000795. The highest BCUT2D eigenvalue weighted by Gasteiger charge is 2.33. The third-order valence-corrected chi connectivity index (χ3v) is 4.71. The first kappa shape index (κ1) is 25.8. The van der Waals surface area contributed by atoms with E-state index in [1.54, 1.807) is 23.0 Å². The molecule has 35 heavy (non-hydrogen) atoms. The second kappa shape index (κ2) is 12.0. The molecule has 0 saturated carbocycles. The number of halogens is 4. The number of hydrogen-bond donors (Lipinski definition) is 1. The smallest absolute Gasteiger partial charge is 0.433 e. The molecule has 4 rings (SSSR count). The van der Waals surface area contributed by atoms with Crippen molar-refractivity contribution in [3.8, 4) is 17.2 Å². The average Bonchev–Trinajstić information content (AvgIpc) is 3.32. The van der Waals surface area contributed by atoms with Crippen molar-refractivity contribution in [2.24, 2.45) is 0 Å². The predicted molar refractivity (Wildman–Crippen MR) is 130 cm³/mol. The Morgan fingerprint density at radius 2 is 1.63 bits per heavy atom. The van der Waals surface area contributed by atoms with Gasteiger partial charge in [0.05, 0.1) is 18.4 Å². The molecule has 2 heterocycles. The summed E-state index contributed by atoms with van der Waals surface area (Å²) < 4.78 is 45.9. The summed E-state index contributed by atoms with van der Waals surface area (Å²) in [4.78, 5) is 3.30. The Labute approximate surface area is 206 Å². The van der Waals surface area contributed by atoms with E-state index in [1.165, 1.54) is 6.07 Å². The Kier molecular flexibility index (Phi) is 8.86. The second-order valence-electron chi connectivity index (χ2n) is 7.15. The van der Waals surface area contributed by atoms with Crippen LogP contribution in [0.15, 0.2) is 85.1 Å². The van der Waals surface area contributed by atoms with Crippen LogP contribution in [0.25, 0.3) is 5.69 Å². The lowest BCUT2D eigenvalue weighted by molar-refractivity contribution is -0.141. The minimum absolute atomic E-state index is 0.160. The van der Waals surface area contributed by atoms with E-state index >= 15 is 0 Å². The molecule has 0 amide bonds. The van der Waals surface area contributed by atoms with Crippen molar-refractivity contribution in [3.05, 3.63) is 102 Å². The van der Waals surface area contributed by atoms with Crippen LogP contribution in [0.2, 0.25) is 5.15 Å². The fourth-order valence-electron chi connectivity index (χ4n) is 2.73. The van der Waals surface area contributed by atoms with Crippen molar-refractivity contribution in [1.82, 2.24) is 20.0 Å². The van der Waals surface area contributed by atoms with Gasteiger partial charge in [-0.25, -0.2) is 9.67 Å². The van der Waals surface area contributed by atoms with E-state index in [9.17, 15) is 13.2 Å². The second-order valence-corrected chi connectivity index (χ2v) is 7.53. The maximum absolute atomic E-state index is 12.9. The summed E-state index contributed by atoms with van der Waals surface area (Å²) in [5.41, 5.74) is 0.407. The van der Waals surface area contributed by atoms with E-state index in [4.69, 9.17) is 16.3 Å². The largest absolute Gasteiger partial charge is 0.457 e. The first-order chi connectivity index (χ1) is 16.8. The number of allylic oxidation sites excluding steroid dienone is 2. The first-order valence-corrected chi connectivity index (χ1v) is 11.0. The number of ether oxygens (including phenoxy) is 1. The molecule has 10 heteroatoms. The molecule has 0 aliphatic heterocycles. The summed E-state index contributed by atoms with van der Waals surface area (Å²) >= 11 is 5.69. The maximum atomic E-state index is 12.9. The summed E-state index contributed by atoms with van der Waals surface area (Å²) in [7, 11) is 0. The standard InChI is InChI=1S/C21H15ClF3N5O.C4H8/c22-20-11-14(10-19(27-20)21(23,24)25)26-12-15-13-30(29-28-15)16-6-8-18(9-7-16)31-17-4-2-1-3-5-17;1-3-4-2/h1-11,13H,12H2,(H,26,27);3-4H,1-2H3/b;4-3-. The number of rotatable bonds is 6. The van der Waals surface area contributed by atoms with Crippen LogP contribution in [0, 0.1) is 0 Å². The van der Waals surface area contributed by atoms with E-state index in [2.05, 4.69) is 20.6 Å². The lowest BCUT2D eigenvalue weighted by Gasteiger charge is -2.10. The number of aromatic nitrogens is 4. The predicted octanol–water partition coefficient (Wildman–Crippen LogP) is 7.32. The third kappa shape index (κ3) is 7.86. The molecule has 6 nitrogen and oxygen atoms in total. The Bertz CT molecular complexity index is 1240. The van der Waals surface area contributed by atoms with Gasteiger partial charge in [0.2, 0.25) is 0 Å². The average molecular weight is 502 g/mol. The van der Waals surface area contributed by atoms with Crippen LogP contribution in [-0.4, -0.2) is 20.0 Å². The minimum atomic E-state index is -4.58. The lowest BCUT2D eigenvalue weighted by atomic mass is 10.3. The van der Waals surface area contributed by atoms with Gasteiger partial charge in [0, 0.05) is 5.69 Å². The fourth-order valence-corrected chi connectivity index (χ4v) is 2.94. The van der Waals surface area contributed by atoms with Gasteiger partial charge in [0.15, 0.2) is 0 Å². The molecule has 0 aliphatic rings. The van der Waals surface area contributed by atoms with Crippen molar-refractivity contribution in [3.63, 3.8) is 0 Å². The van der Waals surface area contributed by atoms with Gasteiger partial charge in [-0.15, -0.1) is 5.10 Å². The normalized spacial score (nSPS) is 11.1. The summed E-state index contributed by atoms with van der Waals surface area (Å²) in [6.07, 6.45) is 1.09. The van der Waals surface area contributed by atoms with Gasteiger partial charge in [-0.1, -0.05) is 47.2 Å². The molecule has 182 valence electrons. The minimum Gasteiger partial charge on any atom is -0.457 e. The molecular weight excluding hydrogens is 479 g/mol. The molecule has 0 saturated heterocycles. The molecule has 0 spiro atoms. The van der Waals surface area contributed by atoms with E-state index in [1.807, 2.05) is 68.5 Å². The number of alkyl halides is 3. The molecule has 0 atom stereocenters. The van der Waals surface area contributed by atoms with Crippen molar-refractivity contribution in [1.29, 1.82) is 0 Å². The number of para-hydroxylation sites is 1. The van der Waals surface area contributed by atoms with Crippen LogP contribution in [0.3, 0.4) is 0 Å². The fraction of sp³-hybridized carbons (Fsp3) is 0.160. The highest BCUT2D eigenvalue weighted by molar-refractivity contribution is 6.29. The monoisotopic (exact) mass is 501 g/mol. The molecule has 1 N–H and O–H groups in total. The molecule has 0 unspecified atom stereocenters. The quantitative estimate of drug-likeness (QED) is 0.221. The van der Waals surface area contributed by atoms with Gasteiger partial charge in [-0.2, -0.15) is 13.2 Å². The maximum Gasteiger partial charge on any atom is 0.433 e. The van der Waals surface area contributed by atoms with Gasteiger partial charge in [0.25, 0.3) is 0 Å².